The van der Waals surface area contributed by atoms with Crippen LogP contribution in [0.15, 0.2) is 18.2 Å². The van der Waals surface area contributed by atoms with E-state index in [1.807, 2.05) is 14.0 Å². The van der Waals surface area contributed by atoms with Crippen LogP contribution in [0.2, 0.25) is 0 Å². The molecular formula is C13H15N3OS. The predicted molar refractivity (Wildman–Crippen MR) is 71.2 cm³/mol. The van der Waals surface area contributed by atoms with Gasteiger partial charge in [-0.3, -0.25) is 0 Å². The molecule has 1 unspecified atom stereocenters. The molecule has 0 saturated carbocycles. The fourth-order valence-corrected chi connectivity index (χ4v) is 3.17. The number of aryl methyl sites for hydroxylation is 1. The highest BCUT2D eigenvalue weighted by Crippen LogP contribution is 2.37. The van der Waals surface area contributed by atoms with Crippen molar-refractivity contribution in [1.82, 2.24) is 14.9 Å². The van der Waals surface area contributed by atoms with Gasteiger partial charge in [-0.2, -0.15) is 0 Å². The Morgan fingerprint density at radius 2 is 2.33 bits per heavy atom. The molecule has 1 aliphatic heterocycles. The lowest BCUT2D eigenvalue weighted by molar-refractivity contribution is 0.351. The molecule has 5 heteroatoms. The van der Waals surface area contributed by atoms with Crippen molar-refractivity contribution in [3.63, 3.8) is 0 Å². The van der Waals surface area contributed by atoms with Crippen molar-refractivity contribution in [3.8, 4) is 5.75 Å². The first kappa shape index (κ1) is 11.6. The van der Waals surface area contributed by atoms with Crippen molar-refractivity contribution in [2.24, 2.45) is 0 Å². The summed E-state index contributed by atoms with van der Waals surface area (Å²) in [6.45, 7) is 2.77. The zero-order valence-corrected chi connectivity index (χ0v) is 11.3. The monoisotopic (exact) mass is 261 g/mol. The van der Waals surface area contributed by atoms with Crippen LogP contribution in [0.25, 0.3) is 0 Å². The molecule has 94 valence electrons. The Balaban J connectivity index is 2.08. The average Bonchev–Trinajstić information content (AvgIpc) is 3.00. The van der Waals surface area contributed by atoms with Crippen LogP contribution in [-0.4, -0.2) is 23.2 Å². The molecule has 0 amide bonds. The first-order valence-corrected chi connectivity index (χ1v) is 6.79. The summed E-state index contributed by atoms with van der Waals surface area (Å²) >= 11 is 1.44. The highest BCUT2D eigenvalue weighted by Gasteiger charge is 2.24. The van der Waals surface area contributed by atoms with E-state index >= 15 is 0 Å². The summed E-state index contributed by atoms with van der Waals surface area (Å²) in [6, 6.07) is 6.45. The van der Waals surface area contributed by atoms with Gasteiger partial charge in [0.05, 0.1) is 23.2 Å². The summed E-state index contributed by atoms with van der Waals surface area (Å²) in [5.74, 6) is 1.03. The Bertz CT molecular complexity index is 567. The van der Waals surface area contributed by atoms with Crippen molar-refractivity contribution in [2.75, 3.05) is 13.7 Å². The average molecular weight is 261 g/mol. The van der Waals surface area contributed by atoms with Gasteiger partial charge in [-0.15, -0.1) is 5.10 Å². The molecule has 1 aromatic carbocycles. The topological polar surface area (TPSA) is 47.0 Å². The molecule has 0 radical (unpaired) electrons. The fraction of sp³-hybridized carbons (Fsp3) is 0.385. The molecule has 1 atom stereocenters. The molecule has 0 bridgehead atoms. The largest absolute Gasteiger partial charge is 0.493 e. The summed E-state index contributed by atoms with van der Waals surface area (Å²) in [7, 11) is 1.96. The normalized spacial score (nSPS) is 15.2. The van der Waals surface area contributed by atoms with E-state index in [9.17, 15) is 0 Å². The van der Waals surface area contributed by atoms with E-state index in [1.165, 1.54) is 22.7 Å². The lowest BCUT2D eigenvalue weighted by Gasteiger charge is -2.18. The Morgan fingerprint density at radius 3 is 3.06 bits per heavy atom. The smallest absolute Gasteiger partial charge is 0.127 e. The Morgan fingerprint density at radius 1 is 1.44 bits per heavy atom. The van der Waals surface area contributed by atoms with Gasteiger partial charge in [0.25, 0.3) is 0 Å². The number of benzene rings is 1. The van der Waals surface area contributed by atoms with Crippen molar-refractivity contribution in [2.45, 2.75) is 19.4 Å². The van der Waals surface area contributed by atoms with E-state index in [-0.39, 0.29) is 6.04 Å². The number of hydrogen-bond acceptors (Lipinski definition) is 5. The van der Waals surface area contributed by atoms with Gasteiger partial charge >= 0.3 is 0 Å². The highest BCUT2D eigenvalue weighted by atomic mass is 32.1. The van der Waals surface area contributed by atoms with Gasteiger partial charge in [0.1, 0.15) is 5.75 Å². The molecule has 0 aliphatic carbocycles. The number of aromatic nitrogens is 2. The maximum Gasteiger partial charge on any atom is 0.127 e. The molecule has 1 N–H and O–H groups in total. The number of hydrogen-bond donors (Lipinski definition) is 1. The molecule has 1 aromatic heterocycles. The number of rotatable bonds is 3. The second kappa shape index (κ2) is 4.66. The van der Waals surface area contributed by atoms with E-state index in [0.717, 1.165) is 29.3 Å². The van der Waals surface area contributed by atoms with Gasteiger partial charge in [-0.25, -0.2) is 0 Å². The Hall–Kier alpha value is -1.46. The number of fused-ring (bicyclic) bond motifs is 1. The number of ether oxygens (including phenoxy) is 1. The van der Waals surface area contributed by atoms with Gasteiger partial charge in [0.15, 0.2) is 0 Å². The summed E-state index contributed by atoms with van der Waals surface area (Å²) in [5.41, 5.74) is 3.46. The van der Waals surface area contributed by atoms with Crippen LogP contribution in [0.3, 0.4) is 0 Å². The Kier molecular flexibility index (Phi) is 3.01. The molecule has 2 aromatic rings. The second-order valence-corrected chi connectivity index (χ2v) is 5.16. The summed E-state index contributed by atoms with van der Waals surface area (Å²) < 4.78 is 9.79. The first-order chi connectivity index (χ1) is 8.81. The van der Waals surface area contributed by atoms with Gasteiger partial charge in [-0.05, 0) is 31.1 Å². The lowest BCUT2D eigenvalue weighted by Crippen LogP contribution is -2.18. The van der Waals surface area contributed by atoms with Crippen LogP contribution >= 0.6 is 11.5 Å². The lowest BCUT2D eigenvalue weighted by atomic mass is 10.00. The molecule has 18 heavy (non-hydrogen) atoms. The van der Waals surface area contributed by atoms with Crippen LogP contribution in [0.4, 0.5) is 0 Å². The number of nitrogens with zero attached hydrogens (tertiary/aromatic N) is 2. The first-order valence-electron chi connectivity index (χ1n) is 6.02. The van der Waals surface area contributed by atoms with Crippen molar-refractivity contribution in [3.05, 3.63) is 39.9 Å². The highest BCUT2D eigenvalue weighted by molar-refractivity contribution is 7.05. The van der Waals surface area contributed by atoms with Crippen molar-refractivity contribution >= 4 is 11.5 Å². The molecule has 3 rings (SSSR count). The minimum atomic E-state index is 0.109. The van der Waals surface area contributed by atoms with Gasteiger partial charge < -0.3 is 10.1 Å². The van der Waals surface area contributed by atoms with Gasteiger partial charge in [0.2, 0.25) is 0 Å². The van der Waals surface area contributed by atoms with Gasteiger partial charge in [-0.1, -0.05) is 22.7 Å². The molecule has 4 nitrogen and oxygen atoms in total. The van der Waals surface area contributed by atoms with Gasteiger partial charge in [0, 0.05) is 12.0 Å². The quantitative estimate of drug-likeness (QED) is 0.919. The zero-order chi connectivity index (χ0) is 12.5. The maximum absolute atomic E-state index is 5.77. The third-order valence-electron chi connectivity index (χ3n) is 3.29. The van der Waals surface area contributed by atoms with Crippen molar-refractivity contribution < 1.29 is 4.74 Å². The molecule has 0 saturated heterocycles. The van der Waals surface area contributed by atoms with E-state index in [1.54, 1.807) is 0 Å². The van der Waals surface area contributed by atoms with Crippen LogP contribution in [-0.2, 0) is 6.42 Å². The van der Waals surface area contributed by atoms with Crippen LogP contribution in [0.1, 0.15) is 27.7 Å². The van der Waals surface area contributed by atoms with Crippen LogP contribution in [0, 0.1) is 6.92 Å². The summed E-state index contributed by atoms with van der Waals surface area (Å²) in [6.07, 6.45) is 1.000. The third kappa shape index (κ3) is 1.79. The number of nitrogens with one attached hydrogen (secondary N) is 1. The fourth-order valence-electron chi connectivity index (χ4n) is 2.40. The van der Waals surface area contributed by atoms with Crippen LogP contribution < -0.4 is 10.1 Å². The second-order valence-electron chi connectivity index (χ2n) is 4.38. The van der Waals surface area contributed by atoms with E-state index in [0.29, 0.717) is 0 Å². The number of para-hydroxylation sites is 1. The summed E-state index contributed by atoms with van der Waals surface area (Å²) in [5, 5.41) is 7.43. The maximum atomic E-state index is 5.77. The van der Waals surface area contributed by atoms with E-state index in [2.05, 4.69) is 33.1 Å². The Labute approximate surface area is 110 Å². The molecular weight excluding hydrogens is 246 g/mol. The van der Waals surface area contributed by atoms with E-state index in [4.69, 9.17) is 4.74 Å². The standard InChI is InChI=1S/C13H15N3OS/c1-8-13(18-16-15-8)11(14-2)10-5-3-4-9-6-7-17-12(9)10/h3-5,11,14H,6-7H2,1-2H3. The van der Waals surface area contributed by atoms with E-state index < -0.39 is 0 Å². The van der Waals surface area contributed by atoms with Crippen LogP contribution in [0.5, 0.6) is 5.75 Å². The SMILES string of the molecule is CNC(c1cccc2c1OCC2)c1snnc1C. The zero-order valence-electron chi connectivity index (χ0n) is 10.4. The molecule has 0 fully saturated rings. The van der Waals surface area contributed by atoms with Crippen molar-refractivity contribution in [1.29, 1.82) is 0 Å². The molecule has 0 spiro atoms. The minimum Gasteiger partial charge on any atom is -0.493 e. The molecule has 2 heterocycles. The third-order valence-corrected chi connectivity index (χ3v) is 4.18. The summed E-state index contributed by atoms with van der Waals surface area (Å²) in [4.78, 5) is 1.15. The minimum absolute atomic E-state index is 0.109. The predicted octanol–water partition coefficient (Wildman–Crippen LogP) is 2.09. The molecule has 1 aliphatic rings.